The van der Waals surface area contributed by atoms with Crippen molar-refractivity contribution in [1.29, 1.82) is 0 Å². The Kier molecular flexibility index (Phi) is 4.83. The molecule has 3 rings (SSSR count). The zero-order valence-electron chi connectivity index (χ0n) is 13.6. The standard InChI is InChI=1S/C17H23N3O3/c1-22-16-7-13(8-17(9-16)23-2)10-19-11-14-3-5-18-20(14)6-4-15(19)12-21/h3,5,7-9,15,21H,4,6,10-12H2,1-2H3. The Hall–Kier alpha value is -2.05. The van der Waals surface area contributed by atoms with Crippen LogP contribution >= 0.6 is 0 Å². The topological polar surface area (TPSA) is 59.8 Å². The van der Waals surface area contributed by atoms with Crippen molar-refractivity contribution < 1.29 is 14.6 Å². The second-order valence-corrected chi connectivity index (χ2v) is 5.80. The number of methoxy groups -OCH3 is 2. The first-order chi connectivity index (χ1) is 11.2. The van der Waals surface area contributed by atoms with Gasteiger partial charge < -0.3 is 14.6 Å². The van der Waals surface area contributed by atoms with Gasteiger partial charge in [0, 0.05) is 37.9 Å². The van der Waals surface area contributed by atoms with Gasteiger partial charge in [-0.05, 0) is 30.2 Å². The smallest absolute Gasteiger partial charge is 0.122 e. The van der Waals surface area contributed by atoms with Gasteiger partial charge in [0.2, 0.25) is 0 Å². The molecule has 1 aliphatic rings. The molecule has 1 aliphatic heterocycles. The van der Waals surface area contributed by atoms with Crippen LogP contribution in [0.2, 0.25) is 0 Å². The van der Waals surface area contributed by atoms with Crippen molar-refractivity contribution in [2.45, 2.75) is 32.1 Å². The third kappa shape index (κ3) is 3.48. The number of rotatable bonds is 5. The maximum atomic E-state index is 9.76. The summed E-state index contributed by atoms with van der Waals surface area (Å²) in [5.41, 5.74) is 2.28. The second-order valence-electron chi connectivity index (χ2n) is 5.80. The fourth-order valence-electron chi connectivity index (χ4n) is 3.07. The number of aliphatic hydroxyl groups excluding tert-OH is 1. The highest BCUT2D eigenvalue weighted by atomic mass is 16.5. The summed E-state index contributed by atoms with van der Waals surface area (Å²) in [6.45, 7) is 2.48. The molecule has 0 saturated carbocycles. The van der Waals surface area contributed by atoms with Gasteiger partial charge in [0.1, 0.15) is 11.5 Å². The van der Waals surface area contributed by atoms with E-state index in [2.05, 4.69) is 10.00 Å². The minimum Gasteiger partial charge on any atom is -0.497 e. The number of aromatic nitrogens is 2. The van der Waals surface area contributed by atoms with Gasteiger partial charge in [0.05, 0.1) is 26.5 Å². The first kappa shape index (κ1) is 15.8. The summed E-state index contributed by atoms with van der Waals surface area (Å²) in [6.07, 6.45) is 2.72. The van der Waals surface area contributed by atoms with Crippen molar-refractivity contribution in [3.8, 4) is 11.5 Å². The molecule has 6 heteroatoms. The molecule has 0 saturated heterocycles. The quantitative estimate of drug-likeness (QED) is 0.909. The molecule has 1 N–H and O–H groups in total. The van der Waals surface area contributed by atoms with E-state index in [1.54, 1.807) is 14.2 Å². The summed E-state index contributed by atoms with van der Waals surface area (Å²) in [5.74, 6) is 1.56. The van der Waals surface area contributed by atoms with Gasteiger partial charge in [-0.2, -0.15) is 5.10 Å². The van der Waals surface area contributed by atoms with Crippen LogP contribution in [0.25, 0.3) is 0 Å². The predicted molar refractivity (Wildman–Crippen MR) is 86.5 cm³/mol. The Labute approximate surface area is 136 Å². The lowest BCUT2D eigenvalue weighted by atomic mass is 10.1. The molecule has 0 bridgehead atoms. The number of ether oxygens (including phenoxy) is 2. The van der Waals surface area contributed by atoms with Crippen LogP contribution in [0.15, 0.2) is 30.5 Å². The number of benzene rings is 1. The Bertz CT molecular complexity index is 634. The molecule has 0 radical (unpaired) electrons. The van der Waals surface area contributed by atoms with Crippen molar-refractivity contribution in [2.75, 3.05) is 20.8 Å². The molecule has 2 heterocycles. The lowest BCUT2D eigenvalue weighted by Gasteiger charge is -2.28. The van der Waals surface area contributed by atoms with Gasteiger partial charge in [-0.15, -0.1) is 0 Å². The van der Waals surface area contributed by atoms with E-state index in [-0.39, 0.29) is 12.6 Å². The molecule has 1 aromatic carbocycles. The minimum absolute atomic E-state index is 0.119. The van der Waals surface area contributed by atoms with Crippen LogP contribution < -0.4 is 9.47 Å². The lowest BCUT2D eigenvalue weighted by Crippen LogP contribution is -2.36. The molecule has 2 aromatic rings. The highest BCUT2D eigenvalue weighted by Gasteiger charge is 2.24. The number of aryl methyl sites for hydroxylation is 1. The van der Waals surface area contributed by atoms with Crippen LogP contribution in [0.1, 0.15) is 17.7 Å². The highest BCUT2D eigenvalue weighted by molar-refractivity contribution is 5.38. The zero-order valence-corrected chi connectivity index (χ0v) is 13.6. The molecule has 0 aliphatic carbocycles. The van der Waals surface area contributed by atoms with Crippen LogP contribution in [0.3, 0.4) is 0 Å². The van der Waals surface area contributed by atoms with E-state index in [1.807, 2.05) is 35.1 Å². The Morgan fingerprint density at radius 3 is 2.61 bits per heavy atom. The predicted octanol–water partition coefficient (Wildman–Crippen LogP) is 1.67. The normalized spacial score (nSPS) is 18.3. The van der Waals surface area contributed by atoms with Gasteiger partial charge in [0.15, 0.2) is 0 Å². The van der Waals surface area contributed by atoms with Crippen molar-refractivity contribution in [1.82, 2.24) is 14.7 Å². The van der Waals surface area contributed by atoms with E-state index in [4.69, 9.17) is 9.47 Å². The summed E-state index contributed by atoms with van der Waals surface area (Å²) >= 11 is 0. The van der Waals surface area contributed by atoms with Crippen molar-refractivity contribution >= 4 is 0 Å². The molecule has 0 fully saturated rings. The van der Waals surface area contributed by atoms with E-state index in [0.717, 1.165) is 43.1 Å². The molecule has 23 heavy (non-hydrogen) atoms. The van der Waals surface area contributed by atoms with Crippen LogP contribution in [-0.2, 0) is 19.6 Å². The van der Waals surface area contributed by atoms with E-state index >= 15 is 0 Å². The molecule has 6 nitrogen and oxygen atoms in total. The van der Waals surface area contributed by atoms with E-state index in [9.17, 15) is 5.11 Å². The van der Waals surface area contributed by atoms with Crippen LogP contribution in [0.5, 0.6) is 11.5 Å². The van der Waals surface area contributed by atoms with Crippen LogP contribution in [0.4, 0.5) is 0 Å². The third-order valence-corrected chi connectivity index (χ3v) is 4.37. The molecule has 124 valence electrons. The minimum atomic E-state index is 0.119. The van der Waals surface area contributed by atoms with E-state index < -0.39 is 0 Å². The SMILES string of the molecule is COc1cc(CN2Cc3ccnn3CCC2CO)cc(OC)c1. The summed E-state index contributed by atoms with van der Waals surface area (Å²) in [6, 6.07) is 8.05. The fraction of sp³-hybridized carbons (Fsp3) is 0.471. The van der Waals surface area contributed by atoms with Gasteiger partial charge in [0.25, 0.3) is 0 Å². The Morgan fingerprint density at radius 2 is 1.96 bits per heavy atom. The van der Waals surface area contributed by atoms with Gasteiger partial charge in [-0.1, -0.05) is 0 Å². The average molecular weight is 317 g/mol. The molecule has 1 aromatic heterocycles. The molecule has 0 spiro atoms. The van der Waals surface area contributed by atoms with Crippen molar-refractivity contribution in [2.24, 2.45) is 0 Å². The summed E-state index contributed by atoms with van der Waals surface area (Å²) < 4.78 is 12.7. The third-order valence-electron chi connectivity index (χ3n) is 4.37. The number of hydrogen-bond acceptors (Lipinski definition) is 5. The largest absolute Gasteiger partial charge is 0.497 e. The maximum Gasteiger partial charge on any atom is 0.122 e. The lowest BCUT2D eigenvalue weighted by molar-refractivity contribution is 0.107. The van der Waals surface area contributed by atoms with Gasteiger partial charge in [-0.25, -0.2) is 0 Å². The Morgan fingerprint density at radius 1 is 1.22 bits per heavy atom. The van der Waals surface area contributed by atoms with Gasteiger partial charge in [-0.3, -0.25) is 9.58 Å². The highest BCUT2D eigenvalue weighted by Crippen LogP contribution is 2.26. The number of nitrogens with zero attached hydrogens (tertiary/aromatic N) is 3. The fourth-order valence-corrected chi connectivity index (χ4v) is 3.07. The molecule has 1 atom stereocenters. The average Bonchev–Trinajstić information content (AvgIpc) is 2.95. The summed E-state index contributed by atoms with van der Waals surface area (Å²) in [7, 11) is 3.30. The summed E-state index contributed by atoms with van der Waals surface area (Å²) in [5, 5.41) is 14.1. The second kappa shape index (κ2) is 7.02. The van der Waals surface area contributed by atoms with E-state index in [1.165, 1.54) is 5.69 Å². The van der Waals surface area contributed by atoms with Crippen molar-refractivity contribution in [3.63, 3.8) is 0 Å². The molecular weight excluding hydrogens is 294 g/mol. The van der Waals surface area contributed by atoms with E-state index in [0.29, 0.717) is 0 Å². The van der Waals surface area contributed by atoms with Crippen LogP contribution in [-0.4, -0.2) is 46.7 Å². The molecular formula is C17H23N3O3. The van der Waals surface area contributed by atoms with Crippen LogP contribution in [0, 0.1) is 0 Å². The maximum absolute atomic E-state index is 9.76. The first-order valence-corrected chi connectivity index (χ1v) is 7.81. The van der Waals surface area contributed by atoms with Crippen molar-refractivity contribution in [3.05, 3.63) is 41.7 Å². The first-order valence-electron chi connectivity index (χ1n) is 7.81. The molecule has 0 amide bonds. The molecule has 1 unspecified atom stereocenters. The number of hydrogen-bond donors (Lipinski definition) is 1. The van der Waals surface area contributed by atoms with Gasteiger partial charge >= 0.3 is 0 Å². The Balaban J connectivity index is 1.84. The number of aliphatic hydroxyl groups is 1. The summed E-state index contributed by atoms with van der Waals surface area (Å²) in [4.78, 5) is 2.29. The number of fused-ring (bicyclic) bond motifs is 1. The monoisotopic (exact) mass is 317 g/mol. The zero-order chi connectivity index (χ0) is 16.2.